The van der Waals surface area contributed by atoms with Crippen molar-refractivity contribution in [3.05, 3.63) is 40.9 Å². The molecular formula is C18H28BrIN4O. The number of halogens is 2. The number of rotatable bonds is 8. The molecule has 0 bridgehead atoms. The van der Waals surface area contributed by atoms with Gasteiger partial charge in [0, 0.05) is 43.8 Å². The molecule has 1 aromatic rings. The third kappa shape index (κ3) is 9.25. The molecule has 1 aromatic carbocycles. The molecule has 0 aliphatic heterocycles. The number of anilines is 1. The molecule has 0 radical (unpaired) electrons. The third-order valence-corrected chi connectivity index (χ3v) is 4.07. The van der Waals surface area contributed by atoms with Gasteiger partial charge in [-0.25, -0.2) is 0 Å². The Morgan fingerprint density at radius 3 is 2.76 bits per heavy atom. The number of guanidine groups is 1. The van der Waals surface area contributed by atoms with Crippen molar-refractivity contribution in [3.8, 4) is 0 Å². The number of carbonyl (C=O) groups excluding carboxylic acids is 1. The van der Waals surface area contributed by atoms with Crippen LogP contribution in [0.25, 0.3) is 0 Å². The highest BCUT2D eigenvalue weighted by Crippen LogP contribution is 2.20. The number of aliphatic imine (C=N–C) groups is 1. The molecule has 140 valence electrons. The Balaban J connectivity index is 0.00000576. The van der Waals surface area contributed by atoms with E-state index in [-0.39, 0.29) is 29.9 Å². The van der Waals surface area contributed by atoms with Crippen molar-refractivity contribution in [2.45, 2.75) is 26.2 Å². The smallest absolute Gasteiger partial charge is 0.226 e. The van der Waals surface area contributed by atoms with E-state index < -0.39 is 0 Å². The van der Waals surface area contributed by atoms with Crippen LogP contribution in [0.3, 0.4) is 0 Å². The van der Waals surface area contributed by atoms with Gasteiger partial charge >= 0.3 is 0 Å². The maximum atomic E-state index is 12.1. The van der Waals surface area contributed by atoms with Gasteiger partial charge in [0.25, 0.3) is 0 Å². The van der Waals surface area contributed by atoms with Crippen LogP contribution in [0.15, 0.2) is 40.3 Å². The minimum absolute atomic E-state index is 0. The number of nitrogens with one attached hydrogen (secondary N) is 2. The Morgan fingerprint density at radius 1 is 1.44 bits per heavy atom. The molecule has 1 amide bonds. The van der Waals surface area contributed by atoms with Gasteiger partial charge in [-0.3, -0.25) is 9.79 Å². The first kappa shape index (κ1) is 23.9. The molecule has 0 heterocycles. The van der Waals surface area contributed by atoms with Crippen LogP contribution in [-0.4, -0.2) is 44.0 Å². The SMILES string of the molecule is C=CCCCN(C)C(=NC)NCCC(=O)Nc1ccc(Br)cc1C.I. The first-order valence-corrected chi connectivity index (χ1v) is 8.86. The van der Waals surface area contributed by atoms with Gasteiger partial charge in [0.05, 0.1) is 0 Å². The zero-order chi connectivity index (χ0) is 17.9. The summed E-state index contributed by atoms with van der Waals surface area (Å²) in [5.74, 6) is 0.782. The topological polar surface area (TPSA) is 56.7 Å². The van der Waals surface area contributed by atoms with Crippen molar-refractivity contribution >= 4 is 57.5 Å². The van der Waals surface area contributed by atoms with Gasteiger partial charge in [0.1, 0.15) is 0 Å². The molecule has 0 atom stereocenters. The highest BCUT2D eigenvalue weighted by Gasteiger charge is 2.08. The van der Waals surface area contributed by atoms with Gasteiger partial charge in [-0.05, 0) is 43.5 Å². The number of aryl methyl sites for hydroxylation is 1. The van der Waals surface area contributed by atoms with Crippen molar-refractivity contribution in [3.63, 3.8) is 0 Å². The van der Waals surface area contributed by atoms with E-state index in [1.807, 2.05) is 38.2 Å². The van der Waals surface area contributed by atoms with Crippen LogP contribution in [0, 0.1) is 6.92 Å². The van der Waals surface area contributed by atoms with Crippen molar-refractivity contribution in [2.24, 2.45) is 4.99 Å². The van der Waals surface area contributed by atoms with E-state index in [1.54, 1.807) is 7.05 Å². The van der Waals surface area contributed by atoms with Gasteiger partial charge in [-0.1, -0.05) is 22.0 Å². The quantitative estimate of drug-likeness (QED) is 0.177. The molecule has 1 rings (SSSR count). The fraction of sp³-hybridized carbons (Fsp3) is 0.444. The lowest BCUT2D eigenvalue weighted by Crippen LogP contribution is -2.40. The van der Waals surface area contributed by atoms with E-state index >= 15 is 0 Å². The fourth-order valence-corrected chi connectivity index (χ4v) is 2.71. The van der Waals surface area contributed by atoms with Crippen LogP contribution in [-0.2, 0) is 4.79 Å². The molecular weight excluding hydrogens is 495 g/mol. The second kappa shape index (κ2) is 13.2. The maximum absolute atomic E-state index is 12.1. The first-order valence-electron chi connectivity index (χ1n) is 8.06. The molecule has 2 N–H and O–H groups in total. The summed E-state index contributed by atoms with van der Waals surface area (Å²) in [4.78, 5) is 18.4. The predicted octanol–water partition coefficient (Wildman–Crippen LogP) is 4.18. The van der Waals surface area contributed by atoms with Crippen LogP contribution in [0.4, 0.5) is 5.69 Å². The maximum Gasteiger partial charge on any atom is 0.226 e. The lowest BCUT2D eigenvalue weighted by atomic mass is 10.2. The summed E-state index contributed by atoms with van der Waals surface area (Å²) in [5, 5.41) is 6.15. The van der Waals surface area contributed by atoms with E-state index in [2.05, 4.69) is 43.0 Å². The van der Waals surface area contributed by atoms with E-state index in [1.165, 1.54) is 0 Å². The van der Waals surface area contributed by atoms with Gasteiger partial charge in [0.15, 0.2) is 5.96 Å². The molecule has 0 fully saturated rings. The highest BCUT2D eigenvalue weighted by molar-refractivity contribution is 14.0. The van der Waals surface area contributed by atoms with E-state index in [4.69, 9.17) is 0 Å². The van der Waals surface area contributed by atoms with Crippen molar-refractivity contribution in [2.75, 3.05) is 32.5 Å². The predicted molar refractivity (Wildman–Crippen MR) is 121 cm³/mol. The van der Waals surface area contributed by atoms with Crippen molar-refractivity contribution in [1.82, 2.24) is 10.2 Å². The number of benzene rings is 1. The Hall–Kier alpha value is -1.09. The fourth-order valence-electron chi connectivity index (χ4n) is 2.23. The number of carbonyl (C=O) groups is 1. The van der Waals surface area contributed by atoms with Crippen molar-refractivity contribution < 1.29 is 4.79 Å². The number of amides is 1. The largest absolute Gasteiger partial charge is 0.356 e. The molecule has 0 spiro atoms. The van der Waals surface area contributed by atoms with Crippen molar-refractivity contribution in [1.29, 1.82) is 0 Å². The van der Waals surface area contributed by atoms with Crippen LogP contribution in [0.1, 0.15) is 24.8 Å². The summed E-state index contributed by atoms with van der Waals surface area (Å²) >= 11 is 3.42. The Labute approximate surface area is 176 Å². The van der Waals surface area contributed by atoms with Crippen LogP contribution in [0.2, 0.25) is 0 Å². The molecule has 0 aliphatic carbocycles. The second-order valence-electron chi connectivity index (χ2n) is 5.58. The van der Waals surface area contributed by atoms with Gasteiger partial charge in [0.2, 0.25) is 5.91 Å². The van der Waals surface area contributed by atoms with E-state index in [0.29, 0.717) is 13.0 Å². The number of hydrogen-bond donors (Lipinski definition) is 2. The summed E-state index contributed by atoms with van der Waals surface area (Å²) in [6, 6.07) is 5.80. The van der Waals surface area contributed by atoms with Gasteiger partial charge in [-0.2, -0.15) is 0 Å². The first-order chi connectivity index (χ1) is 11.5. The summed E-state index contributed by atoms with van der Waals surface area (Å²) < 4.78 is 1.00. The molecule has 25 heavy (non-hydrogen) atoms. The number of nitrogens with zero attached hydrogens (tertiary/aromatic N) is 2. The van der Waals surface area contributed by atoms with Gasteiger partial charge in [-0.15, -0.1) is 30.6 Å². The zero-order valence-corrected chi connectivity index (χ0v) is 19.1. The molecule has 0 unspecified atom stereocenters. The molecule has 0 aromatic heterocycles. The monoisotopic (exact) mass is 522 g/mol. The standard InChI is InChI=1S/C18H27BrN4O.HI/c1-5-6-7-12-23(4)18(20-3)21-11-10-17(24)22-16-9-8-15(19)13-14(16)2;/h5,8-9,13H,1,6-7,10-12H2,2-4H3,(H,20,21)(H,22,24);1H. The lowest BCUT2D eigenvalue weighted by molar-refractivity contribution is -0.116. The summed E-state index contributed by atoms with van der Waals surface area (Å²) in [6.45, 7) is 7.14. The Kier molecular flexibility index (Phi) is 12.6. The minimum Gasteiger partial charge on any atom is -0.356 e. The Morgan fingerprint density at radius 2 is 2.16 bits per heavy atom. The van der Waals surface area contributed by atoms with E-state index in [0.717, 1.165) is 41.1 Å². The molecule has 7 heteroatoms. The van der Waals surface area contributed by atoms with Crippen LogP contribution < -0.4 is 10.6 Å². The average molecular weight is 523 g/mol. The number of unbranched alkanes of at least 4 members (excludes halogenated alkanes) is 1. The number of allylic oxidation sites excluding steroid dienone is 1. The molecule has 5 nitrogen and oxygen atoms in total. The summed E-state index contributed by atoms with van der Waals surface area (Å²) in [5.41, 5.74) is 1.87. The van der Waals surface area contributed by atoms with Gasteiger partial charge < -0.3 is 15.5 Å². The normalized spacial score (nSPS) is 10.6. The summed E-state index contributed by atoms with van der Waals surface area (Å²) in [7, 11) is 3.74. The second-order valence-corrected chi connectivity index (χ2v) is 6.50. The minimum atomic E-state index is -0.0160. The van der Waals surface area contributed by atoms with E-state index in [9.17, 15) is 4.79 Å². The zero-order valence-electron chi connectivity index (χ0n) is 15.1. The summed E-state index contributed by atoms with van der Waals surface area (Å²) in [6.07, 6.45) is 4.31. The third-order valence-electron chi connectivity index (χ3n) is 3.57. The Bertz CT molecular complexity index is 592. The van der Waals surface area contributed by atoms with Crippen LogP contribution in [0.5, 0.6) is 0 Å². The molecule has 0 saturated heterocycles. The average Bonchev–Trinajstić information content (AvgIpc) is 2.54. The highest BCUT2D eigenvalue weighted by atomic mass is 127. The molecule has 0 saturated carbocycles. The molecule has 0 aliphatic rings. The number of hydrogen-bond acceptors (Lipinski definition) is 2. The van der Waals surface area contributed by atoms with Crippen LogP contribution >= 0.6 is 39.9 Å². The lowest BCUT2D eigenvalue weighted by Gasteiger charge is -2.21.